The van der Waals surface area contributed by atoms with Gasteiger partial charge in [0.05, 0.1) is 0 Å². The van der Waals surface area contributed by atoms with Crippen LogP contribution in [0.4, 0.5) is 5.69 Å². The second kappa shape index (κ2) is 9.63. The highest BCUT2D eigenvalue weighted by atomic mass is 35.5. The highest BCUT2D eigenvalue weighted by molar-refractivity contribution is 6.31. The second-order valence-corrected chi connectivity index (χ2v) is 8.60. The molecule has 0 unspecified atom stereocenters. The topological polar surface area (TPSA) is 67.4 Å². The number of benzene rings is 2. The standard InChI is InChI=1S/C26H27ClN2O3/c1-4-28-15-17-5-7-21(8-6-17)29-26(30)23-10-9-22(31-23)13-18-11-20(27)12-19-14-24(16(2)3)32-25(18)19/h5-12,14,16,28H,4,13,15H2,1-3H3,(H,29,30). The van der Waals surface area contributed by atoms with Crippen molar-refractivity contribution < 1.29 is 13.6 Å². The van der Waals surface area contributed by atoms with E-state index in [4.69, 9.17) is 20.4 Å². The van der Waals surface area contributed by atoms with Crippen LogP contribution < -0.4 is 10.6 Å². The monoisotopic (exact) mass is 450 g/mol. The number of halogens is 1. The molecule has 166 valence electrons. The number of amides is 1. The van der Waals surface area contributed by atoms with Crippen molar-refractivity contribution in [2.24, 2.45) is 0 Å². The van der Waals surface area contributed by atoms with E-state index in [1.54, 1.807) is 6.07 Å². The Bertz CT molecular complexity index is 1220. The quantitative estimate of drug-likeness (QED) is 0.311. The number of hydrogen-bond donors (Lipinski definition) is 2. The third-order valence-corrected chi connectivity index (χ3v) is 5.51. The minimum atomic E-state index is -0.285. The first-order chi connectivity index (χ1) is 15.4. The highest BCUT2D eigenvalue weighted by Gasteiger charge is 2.16. The number of furan rings is 2. The van der Waals surface area contributed by atoms with Gasteiger partial charge in [-0.15, -0.1) is 0 Å². The fourth-order valence-corrected chi connectivity index (χ4v) is 3.82. The molecule has 0 bridgehead atoms. The molecule has 6 heteroatoms. The van der Waals surface area contributed by atoms with Crippen molar-refractivity contribution in [1.82, 2.24) is 5.32 Å². The van der Waals surface area contributed by atoms with Gasteiger partial charge in [-0.1, -0.05) is 44.5 Å². The first-order valence-corrected chi connectivity index (χ1v) is 11.2. The molecule has 0 saturated heterocycles. The first kappa shape index (κ1) is 22.2. The number of fused-ring (bicyclic) bond motifs is 1. The normalized spacial score (nSPS) is 11.4. The van der Waals surface area contributed by atoms with Gasteiger partial charge in [-0.3, -0.25) is 4.79 Å². The molecule has 32 heavy (non-hydrogen) atoms. The Morgan fingerprint density at radius 1 is 1.03 bits per heavy atom. The molecule has 0 radical (unpaired) electrons. The van der Waals surface area contributed by atoms with E-state index in [0.29, 0.717) is 17.2 Å². The van der Waals surface area contributed by atoms with Crippen molar-refractivity contribution in [1.29, 1.82) is 0 Å². The highest BCUT2D eigenvalue weighted by Crippen LogP contribution is 2.31. The predicted molar refractivity (Wildman–Crippen MR) is 129 cm³/mol. The number of carbonyl (C=O) groups is 1. The third-order valence-electron chi connectivity index (χ3n) is 5.29. The Morgan fingerprint density at radius 2 is 1.81 bits per heavy atom. The van der Waals surface area contributed by atoms with Crippen molar-refractivity contribution in [2.45, 2.75) is 39.7 Å². The van der Waals surface area contributed by atoms with Crippen LogP contribution >= 0.6 is 11.6 Å². The molecular weight excluding hydrogens is 424 g/mol. The van der Waals surface area contributed by atoms with Crippen LogP contribution in [0.2, 0.25) is 5.02 Å². The van der Waals surface area contributed by atoms with E-state index in [1.165, 1.54) is 0 Å². The van der Waals surface area contributed by atoms with E-state index in [1.807, 2.05) is 48.5 Å². The smallest absolute Gasteiger partial charge is 0.291 e. The summed E-state index contributed by atoms with van der Waals surface area (Å²) in [5, 5.41) is 7.77. The van der Waals surface area contributed by atoms with Crippen LogP contribution in [0.5, 0.6) is 0 Å². The summed E-state index contributed by atoms with van der Waals surface area (Å²) in [4.78, 5) is 12.6. The lowest BCUT2D eigenvalue weighted by molar-refractivity contribution is 0.0995. The van der Waals surface area contributed by atoms with Gasteiger partial charge < -0.3 is 19.5 Å². The van der Waals surface area contributed by atoms with Crippen LogP contribution in [-0.4, -0.2) is 12.5 Å². The van der Waals surface area contributed by atoms with Gasteiger partial charge in [0.15, 0.2) is 5.76 Å². The molecule has 5 nitrogen and oxygen atoms in total. The first-order valence-electron chi connectivity index (χ1n) is 10.8. The molecule has 2 aromatic heterocycles. The van der Waals surface area contributed by atoms with Crippen LogP contribution in [0.15, 0.2) is 63.4 Å². The molecule has 0 aliphatic carbocycles. The molecule has 4 aromatic rings. The van der Waals surface area contributed by atoms with Gasteiger partial charge in [-0.2, -0.15) is 0 Å². The van der Waals surface area contributed by atoms with Crippen molar-refractivity contribution in [3.8, 4) is 0 Å². The minimum Gasteiger partial charge on any atom is -0.461 e. The molecule has 0 aliphatic heterocycles. The molecule has 0 fully saturated rings. The van der Waals surface area contributed by atoms with E-state index < -0.39 is 0 Å². The molecule has 2 heterocycles. The average Bonchev–Trinajstić information content (AvgIpc) is 3.40. The molecule has 0 spiro atoms. The van der Waals surface area contributed by atoms with Crippen LogP contribution in [0.25, 0.3) is 11.0 Å². The van der Waals surface area contributed by atoms with Crippen molar-refractivity contribution in [3.63, 3.8) is 0 Å². The van der Waals surface area contributed by atoms with Gasteiger partial charge in [0.1, 0.15) is 17.1 Å². The lowest BCUT2D eigenvalue weighted by Crippen LogP contribution is -2.12. The molecule has 0 atom stereocenters. The summed E-state index contributed by atoms with van der Waals surface area (Å²) in [5.41, 5.74) is 3.62. The minimum absolute atomic E-state index is 0.261. The zero-order valence-corrected chi connectivity index (χ0v) is 19.3. The van der Waals surface area contributed by atoms with Gasteiger partial charge in [0, 0.05) is 40.5 Å². The zero-order valence-electron chi connectivity index (χ0n) is 18.5. The summed E-state index contributed by atoms with van der Waals surface area (Å²) in [6.45, 7) is 7.97. The van der Waals surface area contributed by atoms with Crippen molar-refractivity contribution in [2.75, 3.05) is 11.9 Å². The van der Waals surface area contributed by atoms with Gasteiger partial charge in [0.2, 0.25) is 0 Å². The predicted octanol–water partition coefficient (Wildman–Crippen LogP) is 6.76. The zero-order chi connectivity index (χ0) is 22.7. The molecular formula is C26H27ClN2O3. The van der Waals surface area contributed by atoms with Crippen molar-refractivity contribution in [3.05, 3.63) is 88.0 Å². The largest absolute Gasteiger partial charge is 0.461 e. The number of rotatable bonds is 8. The molecule has 4 rings (SSSR count). The maximum atomic E-state index is 12.6. The lowest BCUT2D eigenvalue weighted by Gasteiger charge is -2.06. The number of anilines is 1. The van der Waals surface area contributed by atoms with Gasteiger partial charge in [0.25, 0.3) is 5.91 Å². The Hall–Kier alpha value is -3.02. The van der Waals surface area contributed by atoms with Crippen molar-refractivity contribution >= 4 is 34.2 Å². The van der Waals surface area contributed by atoms with Crippen LogP contribution in [0.1, 0.15) is 59.9 Å². The van der Waals surface area contributed by atoms with E-state index in [2.05, 4.69) is 31.4 Å². The van der Waals surface area contributed by atoms with E-state index in [-0.39, 0.29) is 17.6 Å². The van der Waals surface area contributed by atoms with Crippen LogP contribution in [0, 0.1) is 0 Å². The Balaban J connectivity index is 1.47. The Labute approximate surface area is 192 Å². The summed E-state index contributed by atoms with van der Waals surface area (Å²) in [6.07, 6.45) is 0.481. The number of nitrogens with one attached hydrogen (secondary N) is 2. The summed E-state index contributed by atoms with van der Waals surface area (Å²) >= 11 is 6.32. The van der Waals surface area contributed by atoms with Crippen LogP contribution in [-0.2, 0) is 13.0 Å². The average molecular weight is 451 g/mol. The van der Waals surface area contributed by atoms with Gasteiger partial charge in [-0.05, 0) is 54.6 Å². The van der Waals surface area contributed by atoms with E-state index in [9.17, 15) is 4.79 Å². The summed E-state index contributed by atoms with van der Waals surface area (Å²) in [5.74, 6) is 1.84. The van der Waals surface area contributed by atoms with Crippen LogP contribution in [0.3, 0.4) is 0 Å². The molecule has 0 saturated carbocycles. The Kier molecular flexibility index (Phi) is 6.68. The number of hydrogen-bond acceptors (Lipinski definition) is 4. The molecule has 0 aliphatic rings. The molecule has 2 N–H and O–H groups in total. The van der Waals surface area contributed by atoms with E-state index in [0.717, 1.165) is 46.6 Å². The fourth-order valence-electron chi connectivity index (χ4n) is 3.57. The summed E-state index contributed by atoms with van der Waals surface area (Å²) < 4.78 is 11.9. The van der Waals surface area contributed by atoms with Gasteiger partial charge in [-0.25, -0.2) is 0 Å². The fraction of sp³-hybridized carbons (Fsp3) is 0.269. The summed E-state index contributed by atoms with van der Waals surface area (Å²) in [6, 6.07) is 17.1. The summed E-state index contributed by atoms with van der Waals surface area (Å²) in [7, 11) is 0. The second-order valence-electron chi connectivity index (χ2n) is 8.16. The number of carbonyl (C=O) groups excluding carboxylic acids is 1. The van der Waals surface area contributed by atoms with Gasteiger partial charge >= 0.3 is 0 Å². The SMILES string of the molecule is CCNCc1ccc(NC(=O)c2ccc(Cc3cc(Cl)cc4cc(C(C)C)oc34)o2)cc1. The Morgan fingerprint density at radius 3 is 2.53 bits per heavy atom. The third kappa shape index (κ3) is 5.06. The molecule has 1 amide bonds. The van der Waals surface area contributed by atoms with E-state index >= 15 is 0 Å². The molecule has 2 aromatic carbocycles. The maximum absolute atomic E-state index is 12.6. The lowest BCUT2D eigenvalue weighted by atomic mass is 10.1. The maximum Gasteiger partial charge on any atom is 0.291 e.